The zero-order chi connectivity index (χ0) is 21.3. The summed E-state index contributed by atoms with van der Waals surface area (Å²) in [5.74, 6) is 0.931. The maximum absolute atomic E-state index is 11.3. The Balaban J connectivity index is 1.44. The van der Waals surface area contributed by atoms with E-state index in [9.17, 15) is 4.79 Å². The van der Waals surface area contributed by atoms with E-state index in [4.69, 9.17) is 19.2 Å². The molecule has 0 aliphatic rings. The Bertz CT molecular complexity index is 1060. The number of hydrogen-bond acceptors (Lipinski definition) is 6. The van der Waals surface area contributed by atoms with Gasteiger partial charge < -0.3 is 13.9 Å². The normalized spacial score (nSPS) is 10.5. The van der Waals surface area contributed by atoms with E-state index in [1.807, 2.05) is 30.3 Å². The SMILES string of the molecule is C=C(C)C(=O)OCCCCCCOc1ccc2oc(-c3ccc(C#N)cc3)nc2c1. The minimum absolute atomic E-state index is 0.330. The first-order valence-corrected chi connectivity index (χ1v) is 9.93. The standard InChI is InChI=1S/C24H24N2O4/c1-17(2)24(27)29-14-6-4-3-5-13-28-20-11-12-22-21(15-20)26-23(30-22)19-9-7-18(16-25)8-10-19/h7-12,15H,1,3-6,13-14H2,2H3. The molecule has 0 unspecified atom stereocenters. The van der Waals surface area contributed by atoms with Crippen LogP contribution in [0.3, 0.4) is 0 Å². The van der Waals surface area contributed by atoms with Crippen molar-refractivity contribution >= 4 is 17.1 Å². The monoisotopic (exact) mass is 404 g/mol. The first-order chi connectivity index (χ1) is 14.6. The number of nitrogens with zero attached hydrogens (tertiary/aromatic N) is 2. The number of carbonyl (C=O) groups excluding carboxylic acids is 1. The molecular weight excluding hydrogens is 380 g/mol. The summed E-state index contributed by atoms with van der Waals surface area (Å²) in [6.07, 6.45) is 3.73. The van der Waals surface area contributed by atoms with Gasteiger partial charge in [-0.3, -0.25) is 0 Å². The molecule has 6 heteroatoms. The quantitative estimate of drug-likeness (QED) is 0.255. The van der Waals surface area contributed by atoms with Crippen LogP contribution in [0.4, 0.5) is 0 Å². The Kier molecular flexibility index (Phi) is 7.23. The molecular formula is C24H24N2O4. The van der Waals surface area contributed by atoms with Gasteiger partial charge in [0.15, 0.2) is 5.58 Å². The van der Waals surface area contributed by atoms with E-state index in [2.05, 4.69) is 17.6 Å². The summed E-state index contributed by atoms with van der Waals surface area (Å²) in [7, 11) is 0. The van der Waals surface area contributed by atoms with Gasteiger partial charge in [0, 0.05) is 17.2 Å². The van der Waals surface area contributed by atoms with Gasteiger partial charge in [-0.25, -0.2) is 9.78 Å². The number of oxazole rings is 1. The van der Waals surface area contributed by atoms with Crippen LogP contribution < -0.4 is 4.74 Å². The Morgan fingerprint density at radius 1 is 1.10 bits per heavy atom. The fourth-order valence-corrected chi connectivity index (χ4v) is 2.84. The second-order valence-electron chi connectivity index (χ2n) is 7.02. The van der Waals surface area contributed by atoms with Crippen LogP contribution in [0, 0.1) is 11.3 Å². The number of aromatic nitrogens is 1. The second kappa shape index (κ2) is 10.3. The topological polar surface area (TPSA) is 85.4 Å². The molecule has 0 N–H and O–H groups in total. The lowest BCUT2D eigenvalue weighted by Gasteiger charge is -2.06. The lowest BCUT2D eigenvalue weighted by molar-refractivity contribution is -0.139. The van der Waals surface area contributed by atoms with E-state index in [1.54, 1.807) is 19.1 Å². The van der Waals surface area contributed by atoms with Crippen LogP contribution in [0.1, 0.15) is 38.2 Å². The van der Waals surface area contributed by atoms with Crippen molar-refractivity contribution < 1.29 is 18.7 Å². The second-order valence-corrected chi connectivity index (χ2v) is 7.02. The fraction of sp³-hybridized carbons (Fsp3) is 0.292. The summed E-state index contributed by atoms with van der Waals surface area (Å²) in [4.78, 5) is 15.8. The van der Waals surface area contributed by atoms with Gasteiger partial charge in [-0.2, -0.15) is 5.26 Å². The Hall–Kier alpha value is -3.59. The molecule has 0 spiro atoms. The van der Waals surface area contributed by atoms with Gasteiger partial charge in [0.05, 0.1) is 24.8 Å². The van der Waals surface area contributed by atoms with Gasteiger partial charge in [0.25, 0.3) is 0 Å². The molecule has 0 bridgehead atoms. The van der Waals surface area contributed by atoms with Crippen LogP contribution in [0.5, 0.6) is 5.75 Å². The van der Waals surface area contributed by atoms with E-state index >= 15 is 0 Å². The summed E-state index contributed by atoms with van der Waals surface area (Å²) in [6, 6.07) is 14.8. The molecule has 154 valence electrons. The van der Waals surface area contributed by atoms with Crippen molar-refractivity contribution in [1.29, 1.82) is 5.26 Å². The molecule has 3 aromatic rings. The smallest absolute Gasteiger partial charge is 0.333 e. The van der Waals surface area contributed by atoms with E-state index in [-0.39, 0.29) is 5.97 Å². The molecule has 1 heterocycles. The van der Waals surface area contributed by atoms with Crippen molar-refractivity contribution in [3.05, 3.63) is 60.2 Å². The van der Waals surface area contributed by atoms with Crippen LogP contribution in [-0.4, -0.2) is 24.2 Å². The summed E-state index contributed by atoms with van der Waals surface area (Å²) in [6.45, 7) is 6.23. The van der Waals surface area contributed by atoms with E-state index in [1.165, 1.54) is 0 Å². The predicted octanol–water partition coefficient (Wildman–Crippen LogP) is 5.42. The van der Waals surface area contributed by atoms with Crippen LogP contribution >= 0.6 is 0 Å². The minimum atomic E-state index is -0.330. The van der Waals surface area contributed by atoms with Gasteiger partial charge in [-0.15, -0.1) is 0 Å². The lowest BCUT2D eigenvalue weighted by Crippen LogP contribution is -2.06. The largest absolute Gasteiger partial charge is 0.494 e. The molecule has 0 atom stereocenters. The molecule has 0 fully saturated rings. The number of fused-ring (bicyclic) bond motifs is 1. The van der Waals surface area contributed by atoms with E-state index in [0.717, 1.165) is 42.5 Å². The number of esters is 1. The van der Waals surface area contributed by atoms with Crippen molar-refractivity contribution in [2.75, 3.05) is 13.2 Å². The van der Waals surface area contributed by atoms with Gasteiger partial charge in [0.2, 0.25) is 5.89 Å². The minimum Gasteiger partial charge on any atom is -0.494 e. The molecule has 3 rings (SSSR count). The number of benzene rings is 2. The average Bonchev–Trinajstić information content (AvgIpc) is 3.18. The first-order valence-electron chi connectivity index (χ1n) is 9.93. The molecule has 0 saturated carbocycles. The highest BCUT2D eigenvalue weighted by molar-refractivity contribution is 5.86. The summed E-state index contributed by atoms with van der Waals surface area (Å²) < 4.78 is 16.7. The van der Waals surface area contributed by atoms with Crippen molar-refractivity contribution in [1.82, 2.24) is 4.98 Å². The number of unbranched alkanes of at least 4 members (excludes halogenated alkanes) is 3. The zero-order valence-electron chi connectivity index (χ0n) is 17.0. The highest BCUT2D eigenvalue weighted by Gasteiger charge is 2.09. The Morgan fingerprint density at radius 2 is 1.83 bits per heavy atom. The van der Waals surface area contributed by atoms with Crippen LogP contribution in [0.15, 0.2) is 59.0 Å². The molecule has 30 heavy (non-hydrogen) atoms. The molecule has 1 aromatic heterocycles. The number of carbonyl (C=O) groups is 1. The number of ether oxygens (including phenoxy) is 2. The maximum Gasteiger partial charge on any atom is 0.333 e. The fourth-order valence-electron chi connectivity index (χ4n) is 2.84. The maximum atomic E-state index is 11.3. The van der Waals surface area contributed by atoms with Crippen molar-refractivity contribution in [3.8, 4) is 23.3 Å². The first kappa shape index (κ1) is 21.1. The molecule has 0 aliphatic heterocycles. The van der Waals surface area contributed by atoms with Crippen LogP contribution in [0.2, 0.25) is 0 Å². The van der Waals surface area contributed by atoms with Gasteiger partial charge in [-0.1, -0.05) is 6.58 Å². The highest BCUT2D eigenvalue weighted by Crippen LogP contribution is 2.27. The highest BCUT2D eigenvalue weighted by atomic mass is 16.5. The number of rotatable bonds is 10. The van der Waals surface area contributed by atoms with Crippen molar-refractivity contribution in [3.63, 3.8) is 0 Å². The molecule has 0 amide bonds. The van der Waals surface area contributed by atoms with Crippen LogP contribution in [-0.2, 0) is 9.53 Å². The molecule has 2 aromatic carbocycles. The van der Waals surface area contributed by atoms with Gasteiger partial charge >= 0.3 is 5.97 Å². The van der Waals surface area contributed by atoms with Crippen molar-refractivity contribution in [2.24, 2.45) is 0 Å². The summed E-state index contributed by atoms with van der Waals surface area (Å²) in [5, 5.41) is 8.90. The zero-order valence-corrected chi connectivity index (χ0v) is 17.0. The molecule has 0 saturated heterocycles. The lowest BCUT2D eigenvalue weighted by atomic mass is 10.1. The number of nitriles is 1. The molecule has 6 nitrogen and oxygen atoms in total. The summed E-state index contributed by atoms with van der Waals surface area (Å²) in [5.41, 5.74) is 3.26. The molecule has 0 aliphatic carbocycles. The van der Waals surface area contributed by atoms with E-state index in [0.29, 0.717) is 35.8 Å². The van der Waals surface area contributed by atoms with Gasteiger partial charge in [-0.05, 0) is 69.0 Å². The van der Waals surface area contributed by atoms with E-state index < -0.39 is 0 Å². The van der Waals surface area contributed by atoms with Crippen molar-refractivity contribution in [2.45, 2.75) is 32.6 Å². The third kappa shape index (κ3) is 5.71. The predicted molar refractivity (Wildman–Crippen MR) is 114 cm³/mol. The number of hydrogen-bond donors (Lipinski definition) is 0. The third-order valence-corrected chi connectivity index (χ3v) is 4.51. The third-order valence-electron chi connectivity index (χ3n) is 4.51. The average molecular weight is 404 g/mol. The Morgan fingerprint density at radius 3 is 2.53 bits per heavy atom. The van der Waals surface area contributed by atoms with Crippen LogP contribution in [0.25, 0.3) is 22.6 Å². The molecule has 0 radical (unpaired) electrons. The Labute approximate surface area is 175 Å². The summed E-state index contributed by atoms with van der Waals surface area (Å²) >= 11 is 0. The van der Waals surface area contributed by atoms with Gasteiger partial charge in [0.1, 0.15) is 11.3 Å².